The van der Waals surface area contributed by atoms with Crippen molar-refractivity contribution in [2.75, 3.05) is 20.2 Å². The first-order valence-electron chi connectivity index (χ1n) is 9.57. The highest BCUT2D eigenvalue weighted by Crippen LogP contribution is 2.34. The quantitative estimate of drug-likeness (QED) is 0.735. The van der Waals surface area contributed by atoms with Crippen LogP contribution in [-0.4, -0.2) is 42.0 Å². The van der Waals surface area contributed by atoms with Gasteiger partial charge in [-0.15, -0.1) is 0 Å². The van der Waals surface area contributed by atoms with Gasteiger partial charge in [0.1, 0.15) is 11.5 Å². The van der Waals surface area contributed by atoms with Crippen molar-refractivity contribution in [3.8, 4) is 17.2 Å². The first-order valence-corrected chi connectivity index (χ1v) is 9.57. The zero-order valence-corrected chi connectivity index (χ0v) is 16.5. The van der Waals surface area contributed by atoms with E-state index in [1.165, 1.54) is 0 Å². The molecule has 2 heterocycles. The van der Waals surface area contributed by atoms with Gasteiger partial charge in [0, 0.05) is 43.5 Å². The molecule has 0 saturated carbocycles. The largest absolute Gasteiger partial charge is 0.496 e. The van der Waals surface area contributed by atoms with Crippen LogP contribution in [0, 0.1) is 6.92 Å². The van der Waals surface area contributed by atoms with Crippen molar-refractivity contribution in [3.05, 3.63) is 47.9 Å². The molecule has 28 heavy (non-hydrogen) atoms. The van der Waals surface area contributed by atoms with Gasteiger partial charge < -0.3 is 14.5 Å². The second kappa shape index (κ2) is 7.64. The van der Waals surface area contributed by atoms with Crippen LogP contribution in [0.5, 0.6) is 5.75 Å². The lowest BCUT2D eigenvalue weighted by Gasteiger charge is -2.15. The number of amides is 1. The summed E-state index contributed by atoms with van der Waals surface area (Å²) in [7, 11) is 1.68. The van der Waals surface area contributed by atoms with Crippen LogP contribution >= 0.6 is 0 Å². The molecule has 1 fully saturated rings. The van der Waals surface area contributed by atoms with Crippen LogP contribution in [0.15, 0.2) is 40.8 Å². The van der Waals surface area contributed by atoms with Gasteiger partial charge in [0.15, 0.2) is 0 Å². The molecular weight excluding hydrogens is 354 g/mol. The normalized spacial score (nSPS) is 17.2. The summed E-state index contributed by atoms with van der Waals surface area (Å²) in [5, 5.41) is 5.09. The summed E-state index contributed by atoms with van der Waals surface area (Å²) in [6.45, 7) is 6.03. The van der Waals surface area contributed by atoms with E-state index in [2.05, 4.69) is 16.3 Å². The van der Waals surface area contributed by atoms with E-state index in [4.69, 9.17) is 14.1 Å². The molecule has 1 aromatic heterocycles. The lowest BCUT2D eigenvalue weighted by molar-refractivity contribution is -0.119. The van der Waals surface area contributed by atoms with Gasteiger partial charge in [-0.2, -0.15) is 0 Å². The topological polar surface area (TPSA) is 67.6 Å². The second-order valence-corrected chi connectivity index (χ2v) is 7.30. The number of ether oxygens (including phenoxy) is 1. The molecule has 6 heteroatoms. The number of rotatable bonds is 5. The van der Waals surface area contributed by atoms with Crippen molar-refractivity contribution >= 4 is 16.7 Å². The number of hydrogen-bond acceptors (Lipinski definition) is 5. The Bertz CT molecular complexity index is 1010. The zero-order chi connectivity index (χ0) is 19.7. The number of nitrogens with zero attached hydrogens (tertiary/aromatic N) is 2. The molecule has 1 aliphatic heterocycles. The molecule has 0 spiro atoms. The van der Waals surface area contributed by atoms with Gasteiger partial charge in [0.25, 0.3) is 0 Å². The van der Waals surface area contributed by atoms with Crippen molar-refractivity contribution < 1.29 is 13.9 Å². The smallest absolute Gasteiger partial charge is 0.227 e. The number of fused-ring (bicyclic) bond motifs is 1. The minimum Gasteiger partial charge on any atom is -0.496 e. The second-order valence-electron chi connectivity index (χ2n) is 7.30. The number of methoxy groups -OCH3 is 1. The number of aryl methyl sites for hydroxylation is 1. The summed E-state index contributed by atoms with van der Waals surface area (Å²) in [6, 6.07) is 12.3. The number of oxazole rings is 1. The van der Waals surface area contributed by atoms with Gasteiger partial charge in [-0.25, -0.2) is 4.98 Å². The van der Waals surface area contributed by atoms with Crippen molar-refractivity contribution in [2.45, 2.75) is 32.9 Å². The van der Waals surface area contributed by atoms with Crippen molar-refractivity contribution in [2.24, 2.45) is 0 Å². The van der Waals surface area contributed by atoms with Gasteiger partial charge in [0.2, 0.25) is 11.8 Å². The van der Waals surface area contributed by atoms with E-state index in [0.717, 1.165) is 59.6 Å². The van der Waals surface area contributed by atoms with E-state index in [9.17, 15) is 4.79 Å². The maximum Gasteiger partial charge on any atom is 0.227 e. The molecular formula is C22H25N3O3. The maximum atomic E-state index is 11.3. The Kier molecular flexibility index (Phi) is 5.05. The fourth-order valence-electron chi connectivity index (χ4n) is 3.92. The molecule has 1 aliphatic rings. The van der Waals surface area contributed by atoms with Crippen LogP contribution in [0.3, 0.4) is 0 Å². The summed E-state index contributed by atoms with van der Waals surface area (Å²) in [5.74, 6) is 2.32. The predicted octanol–water partition coefficient (Wildman–Crippen LogP) is 3.52. The van der Waals surface area contributed by atoms with Crippen LogP contribution in [0.4, 0.5) is 0 Å². The molecule has 0 unspecified atom stereocenters. The Morgan fingerprint density at radius 3 is 2.82 bits per heavy atom. The first kappa shape index (κ1) is 18.5. The van der Waals surface area contributed by atoms with E-state index in [1.807, 2.05) is 37.3 Å². The molecule has 0 aliphatic carbocycles. The Hall–Kier alpha value is -2.86. The number of carbonyl (C=O) groups is 1. The number of benzene rings is 2. The van der Waals surface area contributed by atoms with Gasteiger partial charge >= 0.3 is 0 Å². The predicted molar refractivity (Wildman–Crippen MR) is 108 cm³/mol. The van der Waals surface area contributed by atoms with E-state index in [0.29, 0.717) is 5.89 Å². The number of hydrogen-bond donors (Lipinski definition) is 1. The number of nitrogens with one attached hydrogen (secondary N) is 1. The van der Waals surface area contributed by atoms with Crippen LogP contribution in [0.25, 0.3) is 22.2 Å². The molecule has 3 aromatic rings. The van der Waals surface area contributed by atoms with Crippen molar-refractivity contribution in [1.82, 2.24) is 15.2 Å². The van der Waals surface area contributed by atoms with E-state index in [-0.39, 0.29) is 11.9 Å². The average molecular weight is 379 g/mol. The van der Waals surface area contributed by atoms with E-state index in [1.54, 1.807) is 14.0 Å². The molecule has 146 valence electrons. The van der Waals surface area contributed by atoms with Crippen molar-refractivity contribution in [1.29, 1.82) is 0 Å². The molecule has 0 bridgehead atoms. The molecule has 2 aromatic carbocycles. The third-order valence-corrected chi connectivity index (χ3v) is 5.28. The molecule has 4 rings (SSSR count). The molecule has 1 saturated heterocycles. The molecule has 6 nitrogen and oxygen atoms in total. The third-order valence-electron chi connectivity index (χ3n) is 5.28. The monoisotopic (exact) mass is 379 g/mol. The summed E-state index contributed by atoms with van der Waals surface area (Å²) < 4.78 is 11.5. The summed E-state index contributed by atoms with van der Waals surface area (Å²) in [4.78, 5) is 18.4. The van der Waals surface area contributed by atoms with E-state index < -0.39 is 0 Å². The average Bonchev–Trinajstić information content (AvgIpc) is 3.27. The third kappa shape index (κ3) is 3.60. The van der Waals surface area contributed by atoms with Crippen LogP contribution in [-0.2, 0) is 11.3 Å². The zero-order valence-electron chi connectivity index (χ0n) is 16.5. The highest BCUT2D eigenvalue weighted by atomic mass is 16.5. The SMILES string of the molecule is COc1ccc(-c2nc(CN3CC[C@H](NC(C)=O)C3)c(C)o2)c2ccccc12. The standard InChI is InChI=1S/C22H25N3O3/c1-14-20(13-25-11-10-16(12-25)23-15(2)26)24-22(28-14)19-8-9-21(27-3)18-7-5-4-6-17(18)19/h4-9,16H,10-13H2,1-3H3,(H,23,26)/t16-/m0/s1. The Morgan fingerprint density at radius 1 is 1.29 bits per heavy atom. The minimum atomic E-state index is 0.0261. The van der Waals surface area contributed by atoms with Crippen LogP contribution < -0.4 is 10.1 Å². The fraction of sp³-hybridized carbons (Fsp3) is 0.364. The minimum absolute atomic E-state index is 0.0261. The van der Waals surface area contributed by atoms with Crippen LogP contribution in [0.1, 0.15) is 24.8 Å². The molecule has 1 atom stereocenters. The fourth-order valence-corrected chi connectivity index (χ4v) is 3.92. The number of aromatic nitrogens is 1. The van der Waals surface area contributed by atoms with Gasteiger partial charge in [-0.1, -0.05) is 24.3 Å². The Labute approximate surface area is 164 Å². The van der Waals surface area contributed by atoms with Gasteiger partial charge in [0.05, 0.1) is 12.8 Å². The lowest BCUT2D eigenvalue weighted by atomic mass is 10.0. The van der Waals surface area contributed by atoms with Crippen molar-refractivity contribution in [3.63, 3.8) is 0 Å². The van der Waals surface area contributed by atoms with Gasteiger partial charge in [-0.05, 0) is 30.9 Å². The van der Waals surface area contributed by atoms with Crippen LogP contribution in [0.2, 0.25) is 0 Å². The molecule has 1 amide bonds. The van der Waals surface area contributed by atoms with E-state index >= 15 is 0 Å². The summed E-state index contributed by atoms with van der Waals surface area (Å²) in [5.41, 5.74) is 1.90. The number of likely N-dealkylation sites (tertiary alicyclic amines) is 1. The summed E-state index contributed by atoms with van der Waals surface area (Å²) >= 11 is 0. The first-order chi connectivity index (χ1) is 13.5. The Morgan fingerprint density at radius 2 is 2.07 bits per heavy atom. The molecule has 0 radical (unpaired) electrons. The highest BCUT2D eigenvalue weighted by Gasteiger charge is 2.25. The maximum absolute atomic E-state index is 11.3. The molecule has 1 N–H and O–H groups in total. The summed E-state index contributed by atoms with van der Waals surface area (Å²) in [6.07, 6.45) is 0.965. The van der Waals surface area contributed by atoms with Gasteiger partial charge in [-0.3, -0.25) is 9.69 Å². The Balaban J connectivity index is 1.59. The number of carbonyl (C=O) groups excluding carboxylic acids is 1. The highest BCUT2D eigenvalue weighted by molar-refractivity contribution is 5.98. The lowest BCUT2D eigenvalue weighted by Crippen LogP contribution is -2.35.